The summed E-state index contributed by atoms with van der Waals surface area (Å²) in [4.78, 5) is -0.0376. The van der Waals surface area contributed by atoms with E-state index in [1.54, 1.807) is 0 Å². The molecule has 2 heterocycles. The summed E-state index contributed by atoms with van der Waals surface area (Å²) < 4.78 is 29.0. The Morgan fingerprint density at radius 3 is 3.07 bits per heavy atom. The van der Waals surface area contributed by atoms with Gasteiger partial charge in [0.1, 0.15) is 0 Å². The third kappa shape index (κ3) is 1.48. The molecule has 1 aliphatic rings. The summed E-state index contributed by atoms with van der Waals surface area (Å²) in [5.74, 6) is 0.585. The second-order valence-electron chi connectivity index (χ2n) is 3.46. The summed E-state index contributed by atoms with van der Waals surface area (Å²) in [5, 5.41) is 8.90. The third-order valence-electron chi connectivity index (χ3n) is 2.06. The van der Waals surface area contributed by atoms with Crippen LogP contribution in [-0.2, 0) is 16.6 Å². The molecule has 0 aromatic carbocycles. The Hall–Kier alpha value is -1.08. The average Bonchev–Trinajstić information content (AvgIpc) is 2.45. The maximum Gasteiger partial charge on any atom is 0.245 e. The van der Waals surface area contributed by atoms with Gasteiger partial charge in [0.2, 0.25) is 15.9 Å². The van der Waals surface area contributed by atoms with Crippen molar-refractivity contribution < 1.29 is 13.2 Å². The Morgan fingerprint density at radius 2 is 2.43 bits per heavy atom. The quantitative estimate of drug-likeness (QED) is 0.690. The molecule has 14 heavy (non-hydrogen) atoms. The van der Waals surface area contributed by atoms with E-state index in [4.69, 9.17) is 9.88 Å². The zero-order chi connectivity index (χ0) is 10.3. The van der Waals surface area contributed by atoms with E-state index in [9.17, 15) is 8.42 Å². The lowest BCUT2D eigenvalue weighted by atomic mass is 10.2. The van der Waals surface area contributed by atoms with E-state index in [1.807, 2.05) is 6.92 Å². The van der Waals surface area contributed by atoms with Crippen LogP contribution < -0.4 is 9.88 Å². The first kappa shape index (κ1) is 9.47. The molecule has 6 nitrogen and oxygen atoms in total. The molecule has 0 saturated heterocycles. The molecule has 78 valence electrons. The molecule has 0 saturated carbocycles. The first-order chi connectivity index (χ1) is 6.48. The van der Waals surface area contributed by atoms with Gasteiger partial charge in [0, 0.05) is 5.92 Å². The molecule has 0 unspecified atom stereocenters. The zero-order valence-corrected chi connectivity index (χ0v) is 8.49. The molecule has 0 radical (unpaired) electrons. The number of nitrogens with two attached hydrogens (primary N) is 1. The molecule has 2 rings (SSSR count). The fourth-order valence-corrected chi connectivity index (χ4v) is 2.00. The largest absolute Gasteiger partial charge is 0.477 e. The number of sulfonamides is 1. The lowest BCUT2D eigenvalue weighted by Crippen LogP contribution is -2.24. The van der Waals surface area contributed by atoms with Gasteiger partial charge in [-0.25, -0.2) is 18.2 Å². The van der Waals surface area contributed by atoms with Crippen molar-refractivity contribution in [1.82, 2.24) is 9.78 Å². The average molecular weight is 217 g/mol. The highest BCUT2D eigenvalue weighted by atomic mass is 32.2. The van der Waals surface area contributed by atoms with Crippen LogP contribution in [0.4, 0.5) is 0 Å². The minimum atomic E-state index is -3.73. The van der Waals surface area contributed by atoms with Crippen molar-refractivity contribution in [3.8, 4) is 5.88 Å². The van der Waals surface area contributed by atoms with Crippen LogP contribution in [0.5, 0.6) is 5.88 Å². The van der Waals surface area contributed by atoms with E-state index in [2.05, 4.69) is 5.10 Å². The Bertz CT molecular complexity index is 451. The number of primary sulfonamides is 1. The van der Waals surface area contributed by atoms with Gasteiger partial charge in [-0.15, -0.1) is 0 Å². The van der Waals surface area contributed by atoms with Crippen LogP contribution in [0, 0.1) is 5.92 Å². The Balaban J connectivity index is 2.49. The molecule has 2 N–H and O–H groups in total. The van der Waals surface area contributed by atoms with Gasteiger partial charge >= 0.3 is 0 Å². The number of fused-ring (bicyclic) bond motifs is 1. The van der Waals surface area contributed by atoms with Crippen LogP contribution >= 0.6 is 0 Å². The molecule has 0 fully saturated rings. The van der Waals surface area contributed by atoms with Gasteiger partial charge in [-0.1, -0.05) is 6.92 Å². The fraction of sp³-hybridized carbons (Fsp3) is 0.571. The summed E-state index contributed by atoms with van der Waals surface area (Å²) in [6.45, 7) is 3.15. The standard InChI is InChI=1S/C7H11N3O3S/c1-5-3-10-7(13-4-5)6(2-9-10)14(8,11)12/h2,5H,3-4H2,1H3,(H2,8,11,12)/t5-/m1/s1. The Morgan fingerprint density at radius 1 is 1.71 bits per heavy atom. The van der Waals surface area contributed by atoms with E-state index in [0.717, 1.165) is 0 Å². The van der Waals surface area contributed by atoms with Crippen LogP contribution in [0.25, 0.3) is 0 Å². The predicted molar refractivity (Wildman–Crippen MR) is 48.3 cm³/mol. The van der Waals surface area contributed by atoms with Gasteiger partial charge < -0.3 is 4.74 Å². The van der Waals surface area contributed by atoms with Crippen molar-refractivity contribution in [3.05, 3.63) is 6.20 Å². The highest BCUT2D eigenvalue weighted by Gasteiger charge is 2.25. The number of hydrogen-bond donors (Lipinski definition) is 1. The molecule has 1 aromatic rings. The van der Waals surface area contributed by atoms with Gasteiger partial charge in [-0.3, -0.25) is 0 Å². The molecule has 1 aliphatic heterocycles. The van der Waals surface area contributed by atoms with Crippen molar-refractivity contribution in [2.24, 2.45) is 11.1 Å². The maximum absolute atomic E-state index is 11.1. The number of rotatable bonds is 1. The summed E-state index contributed by atoms with van der Waals surface area (Å²) in [5.41, 5.74) is 0. The molecule has 0 spiro atoms. The van der Waals surface area contributed by atoms with Crippen molar-refractivity contribution in [3.63, 3.8) is 0 Å². The molecular weight excluding hydrogens is 206 g/mol. The highest BCUT2D eigenvalue weighted by Crippen LogP contribution is 2.26. The van der Waals surface area contributed by atoms with Crippen LogP contribution in [0.15, 0.2) is 11.1 Å². The predicted octanol–water partition coefficient (Wildman–Crippen LogP) is -0.441. The van der Waals surface area contributed by atoms with Crippen LogP contribution in [0.1, 0.15) is 6.92 Å². The maximum atomic E-state index is 11.1. The Kier molecular flexibility index (Phi) is 2.00. The summed E-state index contributed by atoms with van der Waals surface area (Å²) in [7, 11) is -3.73. The minimum absolute atomic E-state index is 0.0376. The molecular formula is C7H11N3O3S. The number of hydrogen-bond acceptors (Lipinski definition) is 4. The van der Waals surface area contributed by atoms with Crippen LogP contribution in [0.2, 0.25) is 0 Å². The van der Waals surface area contributed by atoms with Crippen molar-refractivity contribution in [2.75, 3.05) is 6.61 Å². The van der Waals surface area contributed by atoms with Crippen molar-refractivity contribution in [1.29, 1.82) is 0 Å². The number of ether oxygens (including phenoxy) is 1. The van der Waals surface area contributed by atoms with E-state index in [-0.39, 0.29) is 10.8 Å². The second-order valence-corrected chi connectivity index (χ2v) is 4.99. The van der Waals surface area contributed by atoms with E-state index in [1.165, 1.54) is 10.9 Å². The van der Waals surface area contributed by atoms with Gasteiger partial charge in [-0.2, -0.15) is 5.10 Å². The SMILES string of the molecule is C[C@H]1COc2c(S(N)(=O)=O)cnn2C1. The topological polar surface area (TPSA) is 87.2 Å². The van der Waals surface area contributed by atoms with E-state index < -0.39 is 10.0 Å². The zero-order valence-electron chi connectivity index (χ0n) is 7.67. The molecule has 0 bridgehead atoms. The van der Waals surface area contributed by atoms with E-state index in [0.29, 0.717) is 19.1 Å². The summed E-state index contributed by atoms with van der Waals surface area (Å²) in [6, 6.07) is 0. The summed E-state index contributed by atoms with van der Waals surface area (Å²) in [6.07, 6.45) is 1.22. The second kappa shape index (κ2) is 2.96. The molecule has 1 aromatic heterocycles. The van der Waals surface area contributed by atoms with Gasteiger partial charge in [0.25, 0.3) is 0 Å². The van der Waals surface area contributed by atoms with Crippen LogP contribution in [0.3, 0.4) is 0 Å². The molecule has 0 amide bonds. The van der Waals surface area contributed by atoms with Gasteiger partial charge in [-0.05, 0) is 0 Å². The lowest BCUT2D eigenvalue weighted by molar-refractivity contribution is 0.170. The van der Waals surface area contributed by atoms with Crippen molar-refractivity contribution >= 4 is 10.0 Å². The fourth-order valence-electron chi connectivity index (χ4n) is 1.40. The Labute approximate surface area is 81.7 Å². The first-order valence-electron chi connectivity index (χ1n) is 4.20. The lowest BCUT2D eigenvalue weighted by Gasteiger charge is -2.21. The molecule has 1 atom stereocenters. The smallest absolute Gasteiger partial charge is 0.245 e. The molecule has 7 heteroatoms. The third-order valence-corrected chi connectivity index (χ3v) is 2.95. The highest BCUT2D eigenvalue weighted by molar-refractivity contribution is 7.89. The number of nitrogens with zero attached hydrogens (tertiary/aromatic N) is 2. The van der Waals surface area contributed by atoms with E-state index >= 15 is 0 Å². The van der Waals surface area contributed by atoms with Crippen LogP contribution in [-0.4, -0.2) is 24.8 Å². The van der Waals surface area contributed by atoms with Gasteiger partial charge in [0.05, 0.1) is 19.3 Å². The monoisotopic (exact) mass is 217 g/mol. The van der Waals surface area contributed by atoms with Crippen molar-refractivity contribution in [2.45, 2.75) is 18.4 Å². The first-order valence-corrected chi connectivity index (χ1v) is 5.74. The number of aromatic nitrogens is 2. The van der Waals surface area contributed by atoms with Gasteiger partial charge in [0.15, 0.2) is 4.90 Å². The minimum Gasteiger partial charge on any atom is -0.477 e. The summed E-state index contributed by atoms with van der Waals surface area (Å²) >= 11 is 0. The molecule has 0 aliphatic carbocycles. The normalized spacial score (nSPS) is 21.4.